The van der Waals surface area contributed by atoms with Gasteiger partial charge in [-0.2, -0.15) is 4.98 Å². The monoisotopic (exact) mass is 484 g/mol. The van der Waals surface area contributed by atoms with E-state index in [0.717, 1.165) is 49.7 Å². The number of hydrogen-bond donors (Lipinski definition) is 3. The van der Waals surface area contributed by atoms with Crippen LogP contribution in [0.3, 0.4) is 0 Å². The molecule has 0 bridgehead atoms. The highest BCUT2D eigenvalue weighted by molar-refractivity contribution is 7.09. The van der Waals surface area contributed by atoms with Gasteiger partial charge in [0.05, 0.1) is 19.4 Å². The Morgan fingerprint density at radius 2 is 2.12 bits per heavy atom. The second kappa shape index (κ2) is 10.5. The number of rotatable bonds is 6. The lowest BCUT2D eigenvalue weighted by molar-refractivity contribution is 0.0343. The number of morpholine rings is 1. The number of nitrogens with one attached hydrogen (secondary N) is 2. The van der Waals surface area contributed by atoms with Gasteiger partial charge >= 0.3 is 0 Å². The molecule has 1 aliphatic heterocycles. The van der Waals surface area contributed by atoms with Crippen molar-refractivity contribution in [2.45, 2.75) is 19.1 Å². The largest absolute Gasteiger partial charge is 0.379 e. The molecule has 172 valence electrons. The second-order valence-corrected chi connectivity index (χ2v) is 8.99. The smallest absolute Gasteiger partial charge is 0.224 e. The number of thiazole rings is 1. The Morgan fingerprint density at radius 1 is 1.30 bits per heavy atom. The predicted molar refractivity (Wildman–Crippen MR) is 131 cm³/mol. The van der Waals surface area contributed by atoms with Crippen LogP contribution in [0.25, 0.3) is 0 Å². The van der Waals surface area contributed by atoms with Crippen molar-refractivity contribution in [3.8, 4) is 11.8 Å². The SMILES string of the molecule is CNc1ncc(Cl)c(Nc2cc(C#C[C@@](C)(O)c3nccs3)ccc2CN2CCOCC2)n1. The van der Waals surface area contributed by atoms with Gasteiger partial charge in [-0.15, -0.1) is 11.3 Å². The third kappa shape index (κ3) is 5.99. The maximum absolute atomic E-state index is 10.7. The molecule has 0 saturated carbocycles. The molecule has 3 aromatic rings. The first-order valence-corrected chi connectivity index (χ1v) is 11.8. The standard InChI is InChI=1S/C23H25ClN6O2S/c1-23(31,21-26-7-12-33-21)6-5-16-3-4-17(15-30-8-10-32-11-9-30)19(13-16)28-20-18(24)14-27-22(25-2)29-20/h3-4,7,12-14,31H,8-11,15H2,1-2H3,(H2,25,27,28,29)/t23-/m1/s1. The van der Waals surface area contributed by atoms with Crippen LogP contribution in [0.2, 0.25) is 5.02 Å². The summed E-state index contributed by atoms with van der Waals surface area (Å²) in [4.78, 5) is 15.1. The summed E-state index contributed by atoms with van der Waals surface area (Å²) in [6.07, 6.45) is 3.21. The van der Waals surface area contributed by atoms with Crippen molar-refractivity contribution in [1.29, 1.82) is 0 Å². The molecule has 0 aliphatic carbocycles. The Balaban J connectivity index is 1.66. The highest BCUT2D eigenvalue weighted by Crippen LogP contribution is 2.28. The van der Waals surface area contributed by atoms with E-state index in [0.29, 0.717) is 21.8 Å². The molecule has 3 heterocycles. The van der Waals surface area contributed by atoms with Crippen molar-refractivity contribution in [1.82, 2.24) is 19.9 Å². The van der Waals surface area contributed by atoms with Gasteiger partial charge in [0.25, 0.3) is 0 Å². The molecule has 0 spiro atoms. The molecule has 8 nitrogen and oxygen atoms in total. The minimum atomic E-state index is -1.33. The van der Waals surface area contributed by atoms with Gasteiger partial charge < -0.3 is 20.5 Å². The molecule has 10 heteroatoms. The summed E-state index contributed by atoms with van der Waals surface area (Å²) in [6.45, 7) is 5.58. The number of ether oxygens (including phenoxy) is 1. The molecular formula is C23H25ClN6O2S. The first-order valence-electron chi connectivity index (χ1n) is 10.5. The lowest BCUT2D eigenvalue weighted by Crippen LogP contribution is -2.35. The molecule has 3 N–H and O–H groups in total. The molecule has 0 radical (unpaired) electrons. The molecular weight excluding hydrogens is 460 g/mol. The number of halogens is 1. The van der Waals surface area contributed by atoms with Gasteiger partial charge in [-0.25, -0.2) is 9.97 Å². The van der Waals surface area contributed by atoms with Crippen LogP contribution in [-0.4, -0.2) is 58.3 Å². The van der Waals surface area contributed by atoms with E-state index in [1.165, 1.54) is 11.3 Å². The summed E-state index contributed by atoms with van der Waals surface area (Å²) < 4.78 is 5.47. The van der Waals surface area contributed by atoms with Crippen molar-refractivity contribution in [2.24, 2.45) is 0 Å². The molecule has 1 saturated heterocycles. The fourth-order valence-corrected chi connectivity index (χ4v) is 4.11. The highest BCUT2D eigenvalue weighted by atomic mass is 35.5. The lowest BCUT2D eigenvalue weighted by atomic mass is 10.1. The minimum Gasteiger partial charge on any atom is -0.379 e. The van der Waals surface area contributed by atoms with E-state index in [1.54, 1.807) is 26.4 Å². The van der Waals surface area contributed by atoms with Crippen molar-refractivity contribution in [2.75, 3.05) is 44.0 Å². The molecule has 0 unspecified atom stereocenters. The van der Waals surface area contributed by atoms with Crippen LogP contribution in [0, 0.1) is 11.8 Å². The third-order valence-electron chi connectivity index (χ3n) is 5.13. The lowest BCUT2D eigenvalue weighted by Gasteiger charge is -2.27. The van der Waals surface area contributed by atoms with E-state index in [9.17, 15) is 5.11 Å². The number of nitrogens with zero attached hydrogens (tertiary/aromatic N) is 4. The van der Waals surface area contributed by atoms with Crippen LogP contribution < -0.4 is 10.6 Å². The fraction of sp³-hybridized carbons (Fsp3) is 0.348. The van der Waals surface area contributed by atoms with Crippen LogP contribution in [0.15, 0.2) is 36.0 Å². The van der Waals surface area contributed by atoms with Gasteiger partial charge in [-0.3, -0.25) is 4.90 Å². The Morgan fingerprint density at radius 3 is 2.85 bits per heavy atom. The van der Waals surface area contributed by atoms with E-state index < -0.39 is 5.60 Å². The predicted octanol–water partition coefficient (Wildman–Crippen LogP) is 3.46. The van der Waals surface area contributed by atoms with Gasteiger partial charge in [0.2, 0.25) is 5.95 Å². The zero-order valence-corrected chi connectivity index (χ0v) is 20.0. The molecule has 1 aliphatic rings. The third-order valence-corrected chi connectivity index (χ3v) is 6.39. The Kier molecular flexibility index (Phi) is 7.42. The van der Waals surface area contributed by atoms with Crippen molar-refractivity contribution in [3.63, 3.8) is 0 Å². The van der Waals surface area contributed by atoms with Crippen molar-refractivity contribution >= 4 is 40.4 Å². The van der Waals surface area contributed by atoms with E-state index in [-0.39, 0.29) is 0 Å². The van der Waals surface area contributed by atoms with Crippen LogP contribution in [0.5, 0.6) is 0 Å². The average molecular weight is 485 g/mol. The number of anilines is 3. The first-order chi connectivity index (χ1) is 15.9. The molecule has 4 rings (SSSR count). The molecule has 1 fully saturated rings. The maximum atomic E-state index is 10.7. The zero-order chi connectivity index (χ0) is 23.3. The summed E-state index contributed by atoms with van der Waals surface area (Å²) in [5.74, 6) is 6.98. The van der Waals surface area contributed by atoms with Crippen LogP contribution >= 0.6 is 22.9 Å². The van der Waals surface area contributed by atoms with Crippen LogP contribution in [-0.2, 0) is 16.9 Å². The summed E-state index contributed by atoms with van der Waals surface area (Å²) in [6, 6.07) is 5.93. The van der Waals surface area contributed by atoms with E-state index in [1.807, 2.05) is 23.6 Å². The Labute approximate surface area is 202 Å². The van der Waals surface area contributed by atoms with Gasteiger partial charge in [0, 0.05) is 49.5 Å². The first kappa shape index (κ1) is 23.4. The number of aliphatic hydroxyl groups is 1. The maximum Gasteiger partial charge on any atom is 0.224 e. The quantitative estimate of drug-likeness (QED) is 0.458. The zero-order valence-electron chi connectivity index (χ0n) is 18.4. The number of aromatic nitrogens is 3. The molecule has 0 amide bonds. The van der Waals surface area contributed by atoms with Gasteiger partial charge in [-0.05, 0) is 24.6 Å². The van der Waals surface area contributed by atoms with Crippen LogP contribution in [0.4, 0.5) is 17.5 Å². The van der Waals surface area contributed by atoms with Crippen molar-refractivity contribution in [3.05, 3.63) is 57.1 Å². The average Bonchev–Trinajstić information content (AvgIpc) is 3.37. The number of benzene rings is 1. The van der Waals surface area contributed by atoms with Crippen molar-refractivity contribution < 1.29 is 9.84 Å². The highest BCUT2D eigenvalue weighted by Gasteiger charge is 2.23. The summed E-state index contributed by atoms with van der Waals surface area (Å²) >= 11 is 7.73. The Hall–Kier alpha value is -2.74. The molecule has 2 aromatic heterocycles. The summed E-state index contributed by atoms with van der Waals surface area (Å²) in [5, 5.41) is 19.8. The normalized spacial score (nSPS) is 15.9. The molecule has 1 aromatic carbocycles. The minimum absolute atomic E-state index is 0.412. The Bertz CT molecular complexity index is 1150. The van der Waals surface area contributed by atoms with E-state index >= 15 is 0 Å². The van der Waals surface area contributed by atoms with E-state index in [4.69, 9.17) is 16.3 Å². The number of hydrogen-bond acceptors (Lipinski definition) is 9. The summed E-state index contributed by atoms with van der Waals surface area (Å²) in [7, 11) is 1.75. The molecule has 1 atom stereocenters. The van der Waals surface area contributed by atoms with E-state index in [2.05, 4.69) is 42.3 Å². The topological polar surface area (TPSA) is 95.4 Å². The second-order valence-electron chi connectivity index (χ2n) is 7.69. The van der Waals surface area contributed by atoms with Gasteiger partial charge in [0.1, 0.15) is 10.0 Å². The van der Waals surface area contributed by atoms with Crippen LogP contribution in [0.1, 0.15) is 23.1 Å². The summed E-state index contributed by atoms with van der Waals surface area (Å²) in [5.41, 5.74) is 1.34. The molecule has 33 heavy (non-hydrogen) atoms. The van der Waals surface area contributed by atoms with Gasteiger partial charge in [0.15, 0.2) is 11.4 Å². The van der Waals surface area contributed by atoms with Gasteiger partial charge in [-0.1, -0.05) is 29.5 Å². The fourth-order valence-electron chi connectivity index (χ4n) is 3.32.